The highest BCUT2D eigenvalue weighted by atomic mass is 16.5. The van der Waals surface area contributed by atoms with Gasteiger partial charge in [-0.05, 0) is 25.7 Å². The van der Waals surface area contributed by atoms with Crippen molar-refractivity contribution >= 4 is 5.91 Å². The zero-order chi connectivity index (χ0) is 13.7. The van der Waals surface area contributed by atoms with Crippen LogP contribution < -0.4 is 0 Å². The van der Waals surface area contributed by atoms with Crippen LogP contribution >= 0.6 is 0 Å². The zero-order valence-electron chi connectivity index (χ0n) is 12.5. The van der Waals surface area contributed by atoms with E-state index in [0.717, 1.165) is 32.5 Å². The van der Waals surface area contributed by atoms with Gasteiger partial charge in [-0.3, -0.25) is 9.69 Å². The highest BCUT2D eigenvalue weighted by molar-refractivity contribution is 5.80. The normalized spacial score (nSPS) is 22.4. The van der Waals surface area contributed by atoms with Gasteiger partial charge in [0.1, 0.15) is 0 Å². The van der Waals surface area contributed by atoms with Crippen molar-refractivity contribution in [2.75, 3.05) is 33.8 Å². The van der Waals surface area contributed by atoms with E-state index in [-0.39, 0.29) is 11.9 Å². The van der Waals surface area contributed by atoms with E-state index in [4.69, 9.17) is 4.74 Å². The standard InChI is InChI=1S/C14H28N2O2/c1-11(2)7-9-18-13-6-8-16(10-13)12(3)14(17)15(4)5/h11-13H,6-10H2,1-5H3/t12-,13+/m1/s1. The van der Waals surface area contributed by atoms with Crippen molar-refractivity contribution < 1.29 is 9.53 Å². The Bertz CT molecular complexity index is 267. The van der Waals surface area contributed by atoms with Crippen LogP contribution in [0.25, 0.3) is 0 Å². The maximum atomic E-state index is 11.9. The molecule has 1 aliphatic heterocycles. The predicted octanol–water partition coefficient (Wildman–Crippen LogP) is 1.60. The molecular weight excluding hydrogens is 228 g/mol. The van der Waals surface area contributed by atoms with Gasteiger partial charge in [-0.15, -0.1) is 0 Å². The Labute approximate surface area is 111 Å². The number of nitrogens with zero attached hydrogens (tertiary/aromatic N) is 2. The molecule has 1 heterocycles. The third-order valence-electron chi connectivity index (χ3n) is 3.57. The third-order valence-corrected chi connectivity index (χ3v) is 3.57. The van der Waals surface area contributed by atoms with Crippen LogP contribution in [-0.4, -0.2) is 61.6 Å². The van der Waals surface area contributed by atoms with Gasteiger partial charge in [-0.1, -0.05) is 13.8 Å². The Morgan fingerprint density at radius 2 is 2.06 bits per heavy atom. The number of likely N-dealkylation sites (tertiary alicyclic amines) is 1. The molecule has 4 nitrogen and oxygen atoms in total. The quantitative estimate of drug-likeness (QED) is 0.723. The van der Waals surface area contributed by atoms with E-state index in [1.54, 1.807) is 4.90 Å². The summed E-state index contributed by atoms with van der Waals surface area (Å²) in [5.74, 6) is 0.870. The fourth-order valence-corrected chi connectivity index (χ4v) is 2.24. The van der Waals surface area contributed by atoms with Crippen LogP contribution in [0.4, 0.5) is 0 Å². The number of hydrogen-bond donors (Lipinski definition) is 0. The van der Waals surface area contributed by atoms with Gasteiger partial charge in [0.2, 0.25) is 5.91 Å². The molecule has 0 aromatic rings. The number of amides is 1. The molecule has 1 aliphatic rings. The van der Waals surface area contributed by atoms with Gasteiger partial charge in [-0.2, -0.15) is 0 Å². The summed E-state index contributed by atoms with van der Waals surface area (Å²) in [5.41, 5.74) is 0. The fourth-order valence-electron chi connectivity index (χ4n) is 2.24. The summed E-state index contributed by atoms with van der Waals surface area (Å²) in [4.78, 5) is 15.8. The minimum absolute atomic E-state index is 0.0290. The van der Waals surface area contributed by atoms with Crippen LogP contribution in [0.3, 0.4) is 0 Å². The summed E-state index contributed by atoms with van der Waals surface area (Å²) < 4.78 is 5.87. The van der Waals surface area contributed by atoms with Gasteiger partial charge in [0, 0.05) is 33.8 Å². The van der Waals surface area contributed by atoms with Crippen LogP contribution in [0.2, 0.25) is 0 Å². The summed E-state index contributed by atoms with van der Waals surface area (Å²) >= 11 is 0. The van der Waals surface area contributed by atoms with E-state index in [0.29, 0.717) is 12.0 Å². The number of ether oxygens (including phenoxy) is 1. The fraction of sp³-hybridized carbons (Fsp3) is 0.929. The van der Waals surface area contributed by atoms with Crippen molar-refractivity contribution in [2.24, 2.45) is 5.92 Å². The smallest absolute Gasteiger partial charge is 0.239 e. The molecule has 0 unspecified atom stereocenters. The topological polar surface area (TPSA) is 32.8 Å². The first-order valence-corrected chi connectivity index (χ1v) is 6.98. The lowest BCUT2D eigenvalue weighted by Gasteiger charge is -2.25. The Balaban J connectivity index is 2.30. The third kappa shape index (κ3) is 4.58. The maximum Gasteiger partial charge on any atom is 0.239 e. The summed E-state index contributed by atoms with van der Waals surface area (Å²) in [6.07, 6.45) is 2.47. The van der Waals surface area contributed by atoms with Crippen molar-refractivity contribution in [3.05, 3.63) is 0 Å². The Morgan fingerprint density at radius 3 is 2.61 bits per heavy atom. The van der Waals surface area contributed by atoms with Crippen molar-refractivity contribution in [3.8, 4) is 0 Å². The molecule has 1 amide bonds. The molecule has 0 aliphatic carbocycles. The molecule has 2 atom stereocenters. The summed E-state index contributed by atoms with van der Waals surface area (Å²) in [7, 11) is 3.62. The van der Waals surface area contributed by atoms with Gasteiger partial charge in [0.05, 0.1) is 12.1 Å². The van der Waals surface area contributed by atoms with Crippen molar-refractivity contribution in [2.45, 2.75) is 45.8 Å². The van der Waals surface area contributed by atoms with Crippen molar-refractivity contribution in [1.29, 1.82) is 0 Å². The molecule has 0 bridgehead atoms. The van der Waals surface area contributed by atoms with E-state index >= 15 is 0 Å². The summed E-state index contributed by atoms with van der Waals surface area (Å²) in [6, 6.07) is -0.0290. The highest BCUT2D eigenvalue weighted by Gasteiger charge is 2.30. The molecule has 0 N–H and O–H groups in total. The van der Waals surface area contributed by atoms with Gasteiger partial charge < -0.3 is 9.64 Å². The molecule has 1 saturated heterocycles. The number of carbonyl (C=O) groups excluding carboxylic acids is 1. The molecular formula is C14H28N2O2. The molecule has 4 heteroatoms. The SMILES string of the molecule is CC(C)CCO[C@H]1CCN([C@H](C)C(=O)N(C)C)C1. The number of hydrogen-bond acceptors (Lipinski definition) is 3. The second kappa shape index (κ2) is 7.10. The molecule has 0 aromatic carbocycles. The van der Waals surface area contributed by atoms with Crippen LogP contribution in [0.5, 0.6) is 0 Å². The Hall–Kier alpha value is -0.610. The van der Waals surface area contributed by atoms with Gasteiger partial charge in [0.25, 0.3) is 0 Å². The number of likely N-dealkylation sites (N-methyl/N-ethyl adjacent to an activating group) is 1. The van der Waals surface area contributed by atoms with E-state index in [1.165, 1.54) is 0 Å². The first kappa shape index (κ1) is 15.4. The first-order chi connectivity index (χ1) is 8.41. The largest absolute Gasteiger partial charge is 0.377 e. The van der Waals surface area contributed by atoms with Crippen molar-refractivity contribution in [3.63, 3.8) is 0 Å². The van der Waals surface area contributed by atoms with Crippen LogP contribution in [0.1, 0.15) is 33.6 Å². The van der Waals surface area contributed by atoms with Crippen LogP contribution in [0.15, 0.2) is 0 Å². The number of carbonyl (C=O) groups is 1. The molecule has 18 heavy (non-hydrogen) atoms. The molecule has 0 saturated carbocycles. The maximum absolute atomic E-state index is 11.9. The number of rotatable bonds is 6. The van der Waals surface area contributed by atoms with Crippen molar-refractivity contribution in [1.82, 2.24) is 9.80 Å². The van der Waals surface area contributed by atoms with Gasteiger partial charge in [0.15, 0.2) is 0 Å². The van der Waals surface area contributed by atoms with E-state index in [9.17, 15) is 4.79 Å². The molecule has 0 aromatic heterocycles. The average Bonchev–Trinajstić information content (AvgIpc) is 2.75. The second-order valence-corrected chi connectivity index (χ2v) is 5.87. The second-order valence-electron chi connectivity index (χ2n) is 5.87. The summed E-state index contributed by atoms with van der Waals surface area (Å²) in [6.45, 7) is 9.10. The van der Waals surface area contributed by atoms with E-state index in [1.807, 2.05) is 21.0 Å². The minimum atomic E-state index is -0.0290. The van der Waals surface area contributed by atoms with E-state index < -0.39 is 0 Å². The Kier molecular flexibility index (Phi) is 6.09. The molecule has 0 spiro atoms. The lowest BCUT2D eigenvalue weighted by atomic mass is 10.1. The van der Waals surface area contributed by atoms with Gasteiger partial charge in [-0.25, -0.2) is 0 Å². The average molecular weight is 256 g/mol. The lowest BCUT2D eigenvalue weighted by Crippen LogP contribution is -2.43. The van der Waals surface area contributed by atoms with Crippen LogP contribution in [-0.2, 0) is 9.53 Å². The molecule has 1 rings (SSSR count). The Morgan fingerprint density at radius 1 is 1.39 bits per heavy atom. The van der Waals surface area contributed by atoms with E-state index in [2.05, 4.69) is 18.7 Å². The molecule has 0 radical (unpaired) electrons. The highest BCUT2D eigenvalue weighted by Crippen LogP contribution is 2.17. The molecule has 1 fully saturated rings. The minimum Gasteiger partial charge on any atom is -0.377 e. The predicted molar refractivity (Wildman–Crippen MR) is 73.5 cm³/mol. The lowest BCUT2D eigenvalue weighted by molar-refractivity contribution is -0.133. The summed E-state index contributed by atoms with van der Waals surface area (Å²) in [5, 5.41) is 0. The zero-order valence-corrected chi connectivity index (χ0v) is 12.5. The monoisotopic (exact) mass is 256 g/mol. The first-order valence-electron chi connectivity index (χ1n) is 6.98. The molecule has 106 valence electrons. The van der Waals surface area contributed by atoms with Crippen LogP contribution in [0, 0.1) is 5.92 Å². The van der Waals surface area contributed by atoms with Gasteiger partial charge >= 0.3 is 0 Å².